The van der Waals surface area contributed by atoms with Crippen molar-refractivity contribution in [3.05, 3.63) is 42.3 Å². The molecule has 1 rings (SSSR count). The molecule has 0 aliphatic carbocycles. The van der Waals surface area contributed by atoms with Crippen molar-refractivity contribution in [3.63, 3.8) is 0 Å². The molecule has 56 valence electrons. The van der Waals surface area contributed by atoms with Crippen molar-refractivity contribution in [2.24, 2.45) is 0 Å². The summed E-state index contributed by atoms with van der Waals surface area (Å²) in [5.41, 5.74) is -0.164. The first-order chi connectivity index (χ1) is 5.09. The van der Waals surface area contributed by atoms with E-state index < -0.39 is 17.4 Å². The lowest BCUT2D eigenvalue weighted by molar-refractivity contribution is 0.104. The summed E-state index contributed by atoms with van der Waals surface area (Å²) < 4.78 is 24.7. The summed E-state index contributed by atoms with van der Waals surface area (Å²) in [5, 5.41) is 0. The van der Waals surface area contributed by atoms with E-state index in [4.69, 9.17) is 6.92 Å². The molecule has 0 heterocycles. The van der Waals surface area contributed by atoms with Crippen molar-refractivity contribution >= 4 is 5.78 Å². The second-order valence-corrected chi connectivity index (χ2v) is 2.02. The molecule has 2 radical (unpaired) electrons. The van der Waals surface area contributed by atoms with Gasteiger partial charge in [0.1, 0.15) is 11.6 Å². The summed E-state index contributed by atoms with van der Waals surface area (Å²) in [6, 6.07) is 2.43. The number of carbonyl (C=O) groups is 1. The predicted molar refractivity (Wildman–Crippen MR) is 35.0 cm³/mol. The number of benzene rings is 1. The monoisotopic (exact) mass is 154 g/mol. The number of ketones is 1. The van der Waals surface area contributed by atoms with Crippen LogP contribution in [0.3, 0.4) is 0 Å². The van der Waals surface area contributed by atoms with Gasteiger partial charge in [-0.05, 0) is 12.1 Å². The maximum Gasteiger partial charge on any atom is 0.167 e. The van der Waals surface area contributed by atoms with E-state index in [-0.39, 0.29) is 5.56 Å². The summed E-state index contributed by atoms with van der Waals surface area (Å²) in [5.74, 6) is -2.46. The van der Waals surface area contributed by atoms with Gasteiger partial charge in [0.15, 0.2) is 5.78 Å². The Morgan fingerprint density at radius 1 is 1.18 bits per heavy atom. The van der Waals surface area contributed by atoms with Gasteiger partial charge in [0, 0.05) is 18.6 Å². The van der Waals surface area contributed by atoms with Crippen LogP contribution in [-0.2, 0) is 0 Å². The topological polar surface area (TPSA) is 17.1 Å². The van der Waals surface area contributed by atoms with Gasteiger partial charge in [-0.15, -0.1) is 0 Å². The van der Waals surface area contributed by atoms with Crippen LogP contribution in [0.4, 0.5) is 8.78 Å². The van der Waals surface area contributed by atoms with Crippen LogP contribution in [0.5, 0.6) is 0 Å². The lowest BCUT2D eigenvalue weighted by atomic mass is 10.1. The fraction of sp³-hybridized carbons (Fsp3) is 0. The van der Waals surface area contributed by atoms with Crippen molar-refractivity contribution in [1.29, 1.82) is 0 Å². The van der Waals surface area contributed by atoms with E-state index in [1.54, 1.807) is 0 Å². The Labute approximate surface area is 62.7 Å². The van der Waals surface area contributed by atoms with E-state index in [0.717, 1.165) is 12.1 Å². The van der Waals surface area contributed by atoms with Crippen LogP contribution in [0.15, 0.2) is 18.2 Å². The van der Waals surface area contributed by atoms with Crippen molar-refractivity contribution in [3.8, 4) is 0 Å². The van der Waals surface area contributed by atoms with Gasteiger partial charge in [-0.3, -0.25) is 4.79 Å². The molecule has 0 atom stereocenters. The number of hydrogen-bond donors (Lipinski definition) is 0. The van der Waals surface area contributed by atoms with Gasteiger partial charge in [-0.2, -0.15) is 0 Å². The third-order valence-corrected chi connectivity index (χ3v) is 1.15. The molecular formula is C8H4F2O. The van der Waals surface area contributed by atoms with E-state index in [1.165, 1.54) is 0 Å². The minimum absolute atomic E-state index is 0.164. The molecule has 0 bridgehead atoms. The SMILES string of the molecule is [CH]C(=O)c1cc(F)cc(F)c1. The molecule has 0 amide bonds. The zero-order chi connectivity index (χ0) is 8.43. The highest BCUT2D eigenvalue weighted by atomic mass is 19.1. The van der Waals surface area contributed by atoms with Crippen LogP contribution in [-0.4, -0.2) is 5.78 Å². The molecule has 0 N–H and O–H groups in total. The highest BCUT2D eigenvalue weighted by Gasteiger charge is 2.03. The molecule has 0 saturated heterocycles. The largest absolute Gasteiger partial charge is 0.294 e. The van der Waals surface area contributed by atoms with E-state index >= 15 is 0 Å². The van der Waals surface area contributed by atoms with Crippen LogP contribution in [0.2, 0.25) is 0 Å². The maximum absolute atomic E-state index is 12.3. The number of hydrogen-bond acceptors (Lipinski definition) is 1. The van der Waals surface area contributed by atoms with Gasteiger partial charge in [0.05, 0.1) is 0 Å². The quantitative estimate of drug-likeness (QED) is 0.564. The molecule has 0 spiro atoms. The number of halogens is 2. The molecule has 0 fully saturated rings. The van der Waals surface area contributed by atoms with Gasteiger partial charge in [0.25, 0.3) is 0 Å². The number of Topliss-reactive ketones (excluding diaryl/α,β-unsaturated/α-hetero) is 1. The third kappa shape index (κ3) is 1.83. The summed E-state index contributed by atoms with van der Waals surface area (Å²) in [7, 11) is 0. The lowest BCUT2D eigenvalue weighted by Crippen LogP contribution is -1.94. The van der Waals surface area contributed by atoms with Gasteiger partial charge in [-0.25, -0.2) is 8.78 Å². The zero-order valence-electron chi connectivity index (χ0n) is 5.47. The van der Waals surface area contributed by atoms with E-state index in [0.29, 0.717) is 6.07 Å². The zero-order valence-corrected chi connectivity index (χ0v) is 5.47. The highest BCUT2D eigenvalue weighted by molar-refractivity contribution is 5.99. The second-order valence-electron chi connectivity index (χ2n) is 2.02. The predicted octanol–water partition coefficient (Wildman–Crippen LogP) is 1.86. The first-order valence-corrected chi connectivity index (χ1v) is 2.85. The molecule has 0 saturated carbocycles. The van der Waals surface area contributed by atoms with Crippen LogP contribution in [0.25, 0.3) is 0 Å². The lowest BCUT2D eigenvalue weighted by Gasteiger charge is -1.94. The summed E-state index contributed by atoms with van der Waals surface area (Å²) in [4.78, 5) is 10.4. The van der Waals surface area contributed by atoms with Crippen LogP contribution < -0.4 is 0 Å². The fourth-order valence-electron chi connectivity index (χ4n) is 0.696. The summed E-state index contributed by atoms with van der Waals surface area (Å²) in [6.07, 6.45) is 0. The average molecular weight is 154 g/mol. The molecule has 0 unspecified atom stereocenters. The normalized spacial score (nSPS) is 9.73. The Balaban J connectivity index is 3.19. The fourth-order valence-corrected chi connectivity index (χ4v) is 0.696. The van der Waals surface area contributed by atoms with E-state index in [9.17, 15) is 13.6 Å². The summed E-state index contributed by atoms with van der Waals surface area (Å²) in [6.45, 7) is 4.78. The first kappa shape index (κ1) is 7.85. The molecule has 0 aliphatic heterocycles. The second kappa shape index (κ2) is 2.78. The minimum atomic E-state index is -0.844. The smallest absolute Gasteiger partial charge is 0.167 e. The van der Waals surface area contributed by atoms with Crippen molar-refractivity contribution in [2.75, 3.05) is 0 Å². The minimum Gasteiger partial charge on any atom is -0.294 e. The standard InChI is InChI=1S/C8H4F2O/c1-5(11)6-2-7(9)4-8(10)3-6/h1-4H. The number of carbonyl (C=O) groups excluding carboxylic acids is 1. The Morgan fingerprint density at radius 3 is 2.00 bits per heavy atom. The maximum atomic E-state index is 12.3. The van der Waals surface area contributed by atoms with Crippen molar-refractivity contribution < 1.29 is 13.6 Å². The van der Waals surface area contributed by atoms with Gasteiger partial charge in [0.2, 0.25) is 0 Å². The molecule has 1 nitrogen and oxygen atoms in total. The van der Waals surface area contributed by atoms with Crippen LogP contribution in [0, 0.1) is 18.6 Å². The number of rotatable bonds is 1. The Hall–Kier alpha value is -1.25. The molecule has 11 heavy (non-hydrogen) atoms. The van der Waals surface area contributed by atoms with Crippen molar-refractivity contribution in [2.45, 2.75) is 0 Å². The molecule has 0 aromatic heterocycles. The third-order valence-electron chi connectivity index (χ3n) is 1.15. The molecule has 1 aromatic carbocycles. The Bertz CT molecular complexity index is 274. The Kier molecular flexibility index (Phi) is 1.98. The Morgan fingerprint density at radius 2 is 1.64 bits per heavy atom. The van der Waals surface area contributed by atoms with Gasteiger partial charge in [-0.1, -0.05) is 0 Å². The summed E-state index contributed by atoms with van der Waals surface area (Å²) >= 11 is 0. The van der Waals surface area contributed by atoms with Crippen molar-refractivity contribution in [1.82, 2.24) is 0 Å². The van der Waals surface area contributed by atoms with Crippen LogP contribution in [0.1, 0.15) is 10.4 Å². The highest BCUT2D eigenvalue weighted by Crippen LogP contribution is 2.07. The van der Waals surface area contributed by atoms with E-state index in [2.05, 4.69) is 0 Å². The first-order valence-electron chi connectivity index (χ1n) is 2.85. The van der Waals surface area contributed by atoms with Crippen LogP contribution >= 0.6 is 0 Å². The van der Waals surface area contributed by atoms with E-state index in [1.807, 2.05) is 0 Å². The molecule has 3 heteroatoms. The van der Waals surface area contributed by atoms with Gasteiger partial charge >= 0.3 is 0 Å². The molecule has 0 aliphatic rings. The molecular weight excluding hydrogens is 150 g/mol. The van der Waals surface area contributed by atoms with Gasteiger partial charge < -0.3 is 0 Å². The average Bonchev–Trinajstić information content (AvgIpc) is 1.85. The molecule has 1 aromatic rings.